The van der Waals surface area contributed by atoms with E-state index in [9.17, 15) is 4.79 Å². The highest BCUT2D eigenvalue weighted by Crippen LogP contribution is 2.27. The molecule has 0 radical (unpaired) electrons. The van der Waals surface area contributed by atoms with Crippen LogP contribution in [-0.4, -0.2) is 30.4 Å². The first-order chi connectivity index (χ1) is 9.95. The van der Waals surface area contributed by atoms with Crippen molar-refractivity contribution in [2.75, 3.05) is 24.6 Å². The van der Waals surface area contributed by atoms with Crippen LogP contribution in [0, 0.1) is 5.92 Å². The standard InChI is InChI=1S/C16H24ClN3O/c1-11-3-6-13(7-4-11)20(2)10-16(21)19-15-8-5-12(18)9-14(15)17/h5,8-9,11,13H,3-4,6-7,10,18H2,1-2H3,(H,19,21). The van der Waals surface area contributed by atoms with Crippen molar-refractivity contribution in [3.05, 3.63) is 23.2 Å². The van der Waals surface area contributed by atoms with Gasteiger partial charge in [-0.3, -0.25) is 9.69 Å². The van der Waals surface area contributed by atoms with Gasteiger partial charge in [0.15, 0.2) is 0 Å². The maximum Gasteiger partial charge on any atom is 0.238 e. The van der Waals surface area contributed by atoms with Gasteiger partial charge in [-0.1, -0.05) is 18.5 Å². The van der Waals surface area contributed by atoms with E-state index >= 15 is 0 Å². The van der Waals surface area contributed by atoms with Crippen LogP contribution in [0.25, 0.3) is 0 Å². The van der Waals surface area contributed by atoms with Crippen molar-refractivity contribution in [1.82, 2.24) is 4.90 Å². The zero-order valence-corrected chi connectivity index (χ0v) is 13.5. The highest BCUT2D eigenvalue weighted by atomic mass is 35.5. The van der Waals surface area contributed by atoms with Gasteiger partial charge in [0.25, 0.3) is 0 Å². The van der Waals surface area contributed by atoms with Gasteiger partial charge in [0, 0.05) is 11.7 Å². The number of hydrogen-bond donors (Lipinski definition) is 2. The first kappa shape index (κ1) is 16.1. The number of halogens is 1. The first-order valence-corrected chi connectivity index (χ1v) is 7.88. The molecule has 1 fully saturated rings. The Hall–Kier alpha value is -1.26. The van der Waals surface area contributed by atoms with Crippen LogP contribution in [0.1, 0.15) is 32.6 Å². The molecule has 1 aromatic rings. The summed E-state index contributed by atoms with van der Waals surface area (Å²) in [5.74, 6) is 0.778. The number of likely N-dealkylation sites (N-methyl/N-ethyl adjacent to an activating group) is 1. The van der Waals surface area contributed by atoms with Gasteiger partial charge in [0.1, 0.15) is 0 Å². The van der Waals surface area contributed by atoms with E-state index in [1.807, 2.05) is 7.05 Å². The molecule has 3 N–H and O–H groups in total. The van der Waals surface area contributed by atoms with Crippen molar-refractivity contribution in [2.45, 2.75) is 38.6 Å². The maximum atomic E-state index is 12.1. The number of amides is 1. The van der Waals surface area contributed by atoms with Crippen molar-refractivity contribution >= 4 is 28.9 Å². The van der Waals surface area contributed by atoms with Crippen LogP contribution in [0.4, 0.5) is 11.4 Å². The lowest BCUT2D eigenvalue weighted by Gasteiger charge is -2.33. The van der Waals surface area contributed by atoms with Gasteiger partial charge >= 0.3 is 0 Å². The third-order valence-corrected chi connectivity index (χ3v) is 4.58. The smallest absolute Gasteiger partial charge is 0.238 e. The Morgan fingerprint density at radius 2 is 2.05 bits per heavy atom. The lowest BCUT2D eigenvalue weighted by Crippen LogP contribution is -2.39. The summed E-state index contributed by atoms with van der Waals surface area (Å²) in [7, 11) is 2.02. The summed E-state index contributed by atoms with van der Waals surface area (Å²) in [4.78, 5) is 14.3. The number of rotatable bonds is 4. The third kappa shape index (κ3) is 4.61. The topological polar surface area (TPSA) is 58.4 Å². The maximum absolute atomic E-state index is 12.1. The average molecular weight is 310 g/mol. The van der Waals surface area contributed by atoms with Crippen LogP contribution in [0.5, 0.6) is 0 Å². The number of anilines is 2. The molecule has 1 aromatic carbocycles. The molecule has 1 aliphatic rings. The molecular weight excluding hydrogens is 286 g/mol. The molecule has 0 heterocycles. The largest absolute Gasteiger partial charge is 0.399 e. The Bertz CT molecular complexity index is 498. The Morgan fingerprint density at radius 3 is 2.67 bits per heavy atom. The lowest BCUT2D eigenvalue weighted by atomic mass is 9.87. The van der Waals surface area contributed by atoms with E-state index in [2.05, 4.69) is 17.1 Å². The zero-order chi connectivity index (χ0) is 15.4. The Morgan fingerprint density at radius 1 is 1.38 bits per heavy atom. The molecule has 1 aliphatic carbocycles. The molecule has 1 saturated carbocycles. The Labute approximate surface area is 131 Å². The predicted octanol–water partition coefficient (Wildman–Crippen LogP) is 3.37. The fourth-order valence-electron chi connectivity index (χ4n) is 2.86. The number of nitrogens with zero attached hydrogens (tertiary/aromatic N) is 1. The third-order valence-electron chi connectivity index (χ3n) is 4.27. The molecule has 0 bridgehead atoms. The van der Waals surface area contributed by atoms with E-state index < -0.39 is 0 Å². The number of nitrogen functional groups attached to an aromatic ring is 1. The van der Waals surface area contributed by atoms with Gasteiger partial charge in [-0.15, -0.1) is 0 Å². The molecule has 1 amide bonds. The monoisotopic (exact) mass is 309 g/mol. The highest BCUT2D eigenvalue weighted by molar-refractivity contribution is 6.34. The summed E-state index contributed by atoms with van der Waals surface area (Å²) in [6, 6.07) is 5.61. The summed E-state index contributed by atoms with van der Waals surface area (Å²) in [6.45, 7) is 2.69. The summed E-state index contributed by atoms with van der Waals surface area (Å²) in [6.07, 6.45) is 4.85. The molecule has 2 rings (SSSR count). The molecular formula is C16H24ClN3O. The SMILES string of the molecule is CC1CCC(N(C)CC(=O)Nc2ccc(N)cc2Cl)CC1. The normalized spacial score (nSPS) is 22.3. The van der Waals surface area contributed by atoms with E-state index in [1.165, 1.54) is 25.7 Å². The van der Waals surface area contributed by atoms with E-state index in [1.54, 1.807) is 18.2 Å². The second-order valence-corrected chi connectivity index (χ2v) is 6.52. The molecule has 0 unspecified atom stereocenters. The minimum absolute atomic E-state index is 0.0391. The lowest BCUT2D eigenvalue weighted by molar-refractivity contribution is -0.117. The van der Waals surface area contributed by atoms with Gasteiger partial charge in [-0.25, -0.2) is 0 Å². The predicted molar refractivity (Wildman–Crippen MR) is 88.5 cm³/mol. The van der Waals surface area contributed by atoms with Crippen molar-refractivity contribution in [1.29, 1.82) is 0 Å². The number of carbonyl (C=O) groups is 1. The van der Waals surface area contributed by atoms with Crippen molar-refractivity contribution in [2.24, 2.45) is 5.92 Å². The molecule has 5 heteroatoms. The number of nitrogens with one attached hydrogen (secondary N) is 1. The summed E-state index contributed by atoms with van der Waals surface area (Å²) in [5.41, 5.74) is 6.84. The average Bonchev–Trinajstić information content (AvgIpc) is 2.42. The number of hydrogen-bond acceptors (Lipinski definition) is 3. The Kier molecular flexibility index (Phi) is 5.48. The van der Waals surface area contributed by atoms with Crippen LogP contribution in [-0.2, 0) is 4.79 Å². The number of carbonyl (C=O) groups excluding carboxylic acids is 1. The second-order valence-electron chi connectivity index (χ2n) is 6.12. The summed E-state index contributed by atoms with van der Waals surface area (Å²) < 4.78 is 0. The molecule has 0 aliphatic heterocycles. The second kappa shape index (κ2) is 7.14. The minimum atomic E-state index is -0.0391. The number of nitrogens with two attached hydrogens (primary N) is 1. The van der Waals surface area contributed by atoms with E-state index in [4.69, 9.17) is 17.3 Å². The van der Waals surface area contributed by atoms with Gasteiger partial charge < -0.3 is 11.1 Å². The van der Waals surface area contributed by atoms with Crippen LogP contribution in [0.3, 0.4) is 0 Å². The van der Waals surface area contributed by atoms with Crippen LogP contribution < -0.4 is 11.1 Å². The van der Waals surface area contributed by atoms with E-state index in [0.717, 1.165) is 5.92 Å². The fraction of sp³-hybridized carbons (Fsp3) is 0.562. The zero-order valence-electron chi connectivity index (χ0n) is 12.7. The van der Waals surface area contributed by atoms with Gasteiger partial charge in [0.2, 0.25) is 5.91 Å². The van der Waals surface area contributed by atoms with Crippen LogP contribution in [0.2, 0.25) is 5.02 Å². The summed E-state index contributed by atoms with van der Waals surface area (Å²) >= 11 is 6.07. The number of benzene rings is 1. The van der Waals surface area contributed by atoms with Crippen molar-refractivity contribution in [3.8, 4) is 0 Å². The Balaban J connectivity index is 1.86. The molecule has 4 nitrogen and oxygen atoms in total. The van der Waals surface area contributed by atoms with Crippen molar-refractivity contribution in [3.63, 3.8) is 0 Å². The first-order valence-electron chi connectivity index (χ1n) is 7.51. The van der Waals surface area contributed by atoms with Gasteiger partial charge in [-0.05, 0) is 56.8 Å². The highest BCUT2D eigenvalue weighted by Gasteiger charge is 2.23. The van der Waals surface area contributed by atoms with Crippen LogP contribution >= 0.6 is 11.6 Å². The molecule has 0 spiro atoms. The molecule has 116 valence electrons. The molecule has 21 heavy (non-hydrogen) atoms. The van der Waals surface area contributed by atoms with E-state index in [0.29, 0.717) is 29.0 Å². The molecule has 0 atom stereocenters. The fourth-order valence-corrected chi connectivity index (χ4v) is 3.10. The van der Waals surface area contributed by atoms with Crippen LogP contribution in [0.15, 0.2) is 18.2 Å². The minimum Gasteiger partial charge on any atom is -0.399 e. The van der Waals surface area contributed by atoms with Crippen molar-refractivity contribution < 1.29 is 4.79 Å². The summed E-state index contributed by atoms with van der Waals surface area (Å²) in [5, 5.41) is 3.32. The molecule has 0 saturated heterocycles. The van der Waals surface area contributed by atoms with E-state index in [-0.39, 0.29) is 5.91 Å². The quantitative estimate of drug-likeness (QED) is 0.838. The molecule has 0 aromatic heterocycles. The van der Waals surface area contributed by atoms with Gasteiger partial charge in [0.05, 0.1) is 17.3 Å². The van der Waals surface area contributed by atoms with Gasteiger partial charge in [-0.2, -0.15) is 0 Å².